The van der Waals surface area contributed by atoms with Crippen LogP contribution in [0.3, 0.4) is 0 Å². The lowest BCUT2D eigenvalue weighted by Crippen LogP contribution is -2.65. The highest BCUT2D eigenvalue weighted by Crippen LogP contribution is 2.52. The van der Waals surface area contributed by atoms with Gasteiger partial charge in [0.1, 0.15) is 29.7 Å². The van der Waals surface area contributed by atoms with Crippen molar-refractivity contribution in [2.75, 3.05) is 37.7 Å². The van der Waals surface area contributed by atoms with Gasteiger partial charge in [-0.1, -0.05) is 0 Å². The molecule has 5 heterocycles. The highest BCUT2D eigenvalue weighted by atomic mass is 19.1. The summed E-state index contributed by atoms with van der Waals surface area (Å²) in [5, 5.41) is 3.41. The van der Waals surface area contributed by atoms with Crippen LogP contribution >= 0.6 is 0 Å². The van der Waals surface area contributed by atoms with Gasteiger partial charge in [0.15, 0.2) is 11.6 Å². The maximum Gasteiger partial charge on any atom is 0.258 e. The number of rotatable bonds is 8. The third-order valence-corrected chi connectivity index (χ3v) is 8.77. The zero-order chi connectivity index (χ0) is 28.8. The van der Waals surface area contributed by atoms with E-state index < -0.39 is 5.82 Å². The van der Waals surface area contributed by atoms with Crippen molar-refractivity contribution < 1.29 is 23.4 Å². The van der Waals surface area contributed by atoms with E-state index in [9.17, 15) is 9.18 Å². The number of carbonyl (C=O) groups excluding carboxylic acids is 1. The minimum Gasteiger partial charge on any atom is -0.490 e. The minimum absolute atomic E-state index is 0.0440. The fourth-order valence-electron chi connectivity index (χ4n) is 6.63. The molecule has 1 saturated carbocycles. The number of nitrogens with one attached hydrogen (secondary N) is 1. The summed E-state index contributed by atoms with van der Waals surface area (Å²) >= 11 is 0. The first-order valence-electron chi connectivity index (χ1n) is 14.7. The van der Waals surface area contributed by atoms with Crippen molar-refractivity contribution in [1.29, 1.82) is 0 Å². The first-order chi connectivity index (χ1) is 20.4. The van der Waals surface area contributed by atoms with Gasteiger partial charge < -0.3 is 29.3 Å². The van der Waals surface area contributed by atoms with E-state index in [1.54, 1.807) is 11.1 Å². The molecule has 1 spiro atoms. The maximum atomic E-state index is 14.4. The van der Waals surface area contributed by atoms with Crippen LogP contribution in [0.15, 0.2) is 43.0 Å². The lowest BCUT2D eigenvalue weighted by Gasteiger charge is -2.59. The Morgan fingerprint density at radius 1 is 1.17 bits per heavy atom. The molecule has 3 fully saturated rings. The topological polar surface area (TPSA) is 102 Å². The van der Waals surface area contributed by atoms with Crippen LogP contribution in [0.25, 0.3) is 0 Å². The first kappa shape index (κ1) is 27.0. The van der Waals surface area contributed by atoms with Gasteiger partial charge in [-0.25, -0.2) is 14.4 Å². The van der Waals surface area contributed by atoms with E-state index in [0.29, 0.717) is 24.8 Å². The number of benzene rings is 1. The molecule has 2 saturated heterocycles. The lowest BCUT2D eigenvalue weighted by molar-refractivity contribution is -0.0623. The van der Waals surface area contributed by atoms with Crippen molar-refractivity contribution >= 4 is 11.7 Å². The molecule has 2 aromatic heterocycles. The number of ether oxygens (including phenoxy) is 3. The molecular formula is C31H35FN6O4. The van der Waals surface area contributed by atoms with Crippen LogP contribution in [0.1, 0.15) is 48.3 Å². The number of amides is 1. The molecule has 220 valence electrons. The Morgan fingerprint density at radius 3 is 2.76 bits per heavy atom. The lowest BCUT2D eigenvalue weighted by atomic mass is 9.61. The van der Waals surface area contributed by atoms with Gasteiger partial charge in [0, 0.05) is 61.5 Å². The molecular weight excluding hydrogens is 539 g/mol. The molecule has 1 aliphatic carbocycles. The third-order valence-electron chi connectivity index (χ3n) is 8.77. The van der Waals surface area contributed by atoms with E-state index in [1.807, 2.05) is 26.1 Å². The number of fused-ring (bicyclic) bond motifs is 1. The van der Waals surface area contributed by atoms with Gasteiger partial charge in [0.05, 0.1) is 31.0 Å². The number of carbonyl (C=O) groups is 1. The number of hydrogen-bond donors (Lipinski definition) is 1. The van der Waals surface area contributed by atoms with Gasteiger partial charge in [-0.2, -0.15) is 0 Å². The molecule has 4 aliphatic rings. The molecule has 0 unspecified atom stereocenters. The van der Waals surface area contributed by atoms with Crippen LogP contribution < -0.4 is 19.7 Å². The molecule has 42 heavy (non-hydrogen) atoms. The Balaban J connectivity index is 1.03. The van der Waals surface area contributed by atoms with Crippen LogP contribution in [-0.2, 0) is 17.7 Å². The second kappa shape index (κ2) is 10.8. The van der Waals surface area contributed by atoms with Crippen molar-refractivity contribution in [3.05, 3.63) is 65.6 Å². The molecule has 3 aliphatic heterocycles. The highest BCUT2D eigenvalue weighted by molar-refractivity contribution is 5.97. The largest absolute Gasteiger partial charge is 0.490 e. The highest BCUT2D eigenvalue weighted by Gasteiger charge is 2.54. The Kier molecular flexibility index (Phi) is 6.94. The Bertz CT molecular complexity index is 1480. The number of nitrogens with zero attached hydrogens (tertiary/aromatic N) is 5. The van der Waals surface area contributed by atoms with Gasteiger partial charge in [-0.3, -0.25) is 9.78 Å². The van der Waals surface area contributed by atoms with Crippen molar-refractivity contribution in [3.63, 3.8) is 0 Å². The van der Waals surface area contributed by atoms with Crippen molar-refractivity contribution in [1.82, 2.24) is 25.2 Å². The smallest absolute Gasteiger partial charge is 0.258 e. The summed E-state index contributed by atoms with van der Waals surface area (Å²) in [6, 6.07) is 5.88. The average molecular weight is 575 g/mol. The number of anilines is 1. The number of hydrogen-bond acceptors (Lipinski definition) is 9. The SMILES string of the molecule is CC(C)N(C(=O)c1cc(F)ccc1Oc1cncnc1N1CC2(CC(Oc3ccnc4c3CNCC4)C2)C1)C1COC1. The standard InChI is InChI=1S/C31H35FN6O4/c1-19(2)38(21-14-40-15-21)30(39)23-9-20(32)3-4-26(23)42-28-13-34-18-36-29(28)37-16-31(17-37)10-22(11-31)41-27-6-8-35-25-5-7-33-12-24(25)27/h3-4,6,8-9,13,18-19,21-22,33H,5,7,10-12,14-17H2,1-2H3. The van der Waals surface area contributed by atoms with E-state index >= 15 is 0 Å². The molecule has 11 heteroatoms. The van der Waals surface area contributed by atoms with Crippen LogP contribution in [0, 0.1) is 11.2 Å². The molecule has 7 rings (SSSR count). The van der Waals surface area contributed by atoms with E-state index in [-0.39, 0.29) is 40.8 Å². The average Bonchev–Trinajstić information content (AvgIpc) is 2.92. The molecule has 0 radical (unpaired) electrons. The van der Waals surface area contributed by atoms with Gasteiger partial charge >= 0.3 is 0 Å². The number of halogens is 1. The summed E-state index contributed by atoms with van der Waals surface area (Å²) in [4.78, 5) is 30.7. The number of aromatic nitrogens is 3. The fourth-order valence-corrected chi connectivity index (χ4v) is 6.63. The van der Waals surface area contributed by atoms with Gasteiger partial charge in [-0.05, 0) is 51.0 Å². The van der Waals surface area contributed by atoms with E-state index in [2.05, 4.69) is 25.2 Å². The second-order valence-corrected chi connectivity index (χ2v) is 12.1. The predicted molar refractivity (Wildman–Crippen MR) is 152 cm³/mol. The summed E-state index contributed by atoms with van der Waals surface area (Å²) in [5.41, 5.74) is 2.65. The molecule has 3 aromatic rings. The maximum absolute atomic E-state index is 14.4. The summed E-state index contributed by atoms with van der Waals surface area (Å²) < 4.78 is 32.3. The zero-order valence-corrected chi connectivity index (χ0v) is 23.9. The molecule has 0 atom stereocenters. The summed E-state index contributed by atoms with van der Waals surface area (Å²) in [7, 11) is 0. The van der Waals surface area contributed by atoms with Crippen LogP contribution in [0.2, 0.25) is 0 Å². The van der Waals surface area contributed by atoms with E-state index in [1.165, 1.54) is 30.1 Å². The summed E-state index contributed by atoms with van der Waals surface area (Å²) in [5.74, 6) is 1.51. The molecule has 10 nitrogen and oxygen atoms in total. The van der Waals surface area contributed by atoms with Gasteiger partial charge in [0.25, 0.3) is 5.91 Å². The molecule has 1 aromatic carbocycles. The Labute approximate surface area is 244 Å². The number of pyridine rings is 1. The molecule has 1 N–H and O–H groups in total. The summed E-state index contributed by atoms with van der Waals surface area (Å²) in [6.45, 7) is 8.22. The van der Waals surface area contributed by atoms with E-state index in [4.69, 9.17) is 14.2 Å². The van der Waals surface area contributed by atoms with Gasteiger partial charge in [-0.15, -0.1) is 0 Å². The third kappa shape index (κ3) is 4.94. The normalized spacial score (nSPS) is 19.5. The van der Waals surface area contributed by atoms with Crippen molar-refractivity contribution in [3.8, 4) is 17.2 Å². The fraction of sp³-hybridized carbons (Fsp3) is 0.484. The predicted octanol–water partition coefficient (Wildman–Crippen LogP) is 3.75. The molecule has 0 bridgehead atoms. The van der Waals surface area contributed by atoms with Gasteiger partial charge in [0.2, 0.25) is 0 Å². The Hall–Kier alpha value is -3.83. The minimum atomic E-state index is -0.501. The van der Waals surface area contributed by atoms with Crippen LogP contribution in [-0.4, -0.2) is 76.8 Å². The van der Waals surface area contributed by atoms with Crippen molar-refractivity contribution in [2.24, 2.45) is 5.41 Å². The summed E-state index contributed by atoms with van der Waals surface area (Å²) in [6.07, 6.45) is 7.99. The zero-order valence-electron chi connectivity index (χ0n) is 23.9. The second-order valence-electron chi connectivity index (χ2n) is 12.1. The quantitative estimate of drug-likeness (QED) is 0.431. The van der Waals surface area contributed by atoms with Crippen LogP contribution in [0.4, 0.5) is 10.2 Å². The van der Waals surface area contributed by atoms with E-state index in [0.717, 1.165) is 56.9 Å². The first-order valence-corrected chi connectivity index (χ1v) is 14.7. The van der Waals surface area contributed by atoms with Crippen molar-refractivity contribution in [2.45, 2.75) is 57.8 Å². The monoisotopic (exact) mass is 574 g/mol. The van der Waals surface area contributed by atoms with Crippen LogP contribution in [0.5, 0.6) is 17.2 Å². The Morgan fingerprint density at radius 2 is 2.00 bits per heavy atom. The molecule has 1 amide bonds.